The van der Waals surface area contributed by atoms with Gasteiger partial charge in [-0.05, 0) is 32.1 Å². The monoisotopic (exact) mass is 279 g/mol. The molecule has 6 heteroatoms. The second-order valence-corrected chi connectivity index (χ2v) is 5.84. The highest BCUT2D eigenvalue weighted by Crippen LogP contribution is 2.28. The summed E-state index contributed by atoms with van der Waals surface area (Å²) < 4.78 is 1.94. The van der Waals surface area contributed by atoms with Crippen LogP contribution in [0, 0.1) is 12.8 Å². The van der Waals surface area contributed by atoms with Crippen LogP contribution in [0.15, 0.2) is 12.4 Å². The number of fused-ring (bicyclic) bond motifs is 1. The number of alkyl halides is 1. The van der Waals surface area contributed by atoms with Gasteiger partial charge in [0.2, 0.25) is 5.65 Å². The Hall–Kier alpha value is -1.36. The summed E-state index contributed by atoms with van der Waals surface area (Å²) in [5.41, 5.74) is 0.790. The van der Waals surface area contributed by atoms with Crippen LogP contribution in [0.25, 0.3) is 5.65 Å². The Bertz CT molecular complexity index is 567. The molecule has 0 amide bonds. The number of aryl methyl sites for hydroxylation is 1. The molecule has 1 aliphatic carbocycles. The standard InChI is InChI=1S/C13H18ClN5/c1-9-17-18-13-12(15-5-6-19(9)13)16-8-10-3-2-4-11(14)7-10/h5-6,10-11H,2-4,7-8H2,1H3,(H,15,16). The molecule has 0 radical (unpaired) electrons. The predicted octanol–water partition coefficient (Wildman–Crippen LogP) is 2.64. The zero-order valence-corrected chi connectivity index (χ0v) is 11.8. The van der Waals surface area contributed by atoms with Gasteiger partial charge >= 0.3 is 0 Å². The van der Waals surface area contributed by atoms with Crippen molar-refractivity contribution in [3.05, 3.63) is 18.2 Å². The van der Waals surface area contributed by atoms with Gasteiger partial charge < -0.3 is 5.32 Å². The Morgan fingerprint density at radius 2 is 2.32 bits per heavy atom. The molecule has 3 rings (SSSR count). The average Bonchev–Trinajstić information content (AvgIpc) is 2.79. The van der Waals surface area contributed by atoms with Crippen molar-refractivity contribution < 1.29 is 0 Å². The molecule has 1 saturated carbocycles. The fraction of sp³-hybridized carbons (Fsp3) is 0.615. The van der Waals surface area contributed by atoms with Gasteiger partial charge in [-0.1, -0.05) is 6.42 Å². The molecule has 2 heterocycles. The number of nitrogens with zero attached hydrogens (tertiary/aromatic N) is 4. The van der Waals surface area contributed by atoms with E-state index in [9.17, 15) is 0 Å². The van der Waals surface area contributed by atoms with Crippen LogP contribution < -0.4 is 5.32 Å². The number of halogens is 1. The van der Waals surface area contributed by atoms with Gasteiger partial charge in [0.1, 0.15) is 5.82 Å². The van der Waals surface area contributed by atoms with E-state index in [0.29, 0.717) is 11.3 Å². The highest BCUT2D eigenvalue weighted by Gasteiger charge is 2.20. The van der Waals surface area contributed by atoms with E-state index in [-0.39, 0.29) is 0 Å². The van der Waals surface area contributed by atoms with Crippen molar-refractivity contribution in [1.82, 2.24) is 19.6 Å². The van der Waals surface area contributed by atoms with E-state index in [2.05, 4.69) is 20.5 Å². The summed E-state index contributed by atoms with van der Waals surface area (Å²) in [4.78, 5) is 4.36. The number of hydrogen-bond donors (Lipinski definition) is 1. The second-order valence-electron chi connectivity index (χ2n) is 5.23. The third kappa shape index (κ3) is 2.66. The lowest BCUT2D eigenvalue weighted by Gasteiger charge is -2.25. The molecule has 2 atom stereocenters. The number of anilines is 1. The fourth-order valence-corrected chi connectivity index (χ4v) is 3.12. The van der Waals surface area contributed by atoms with Gasteiger partial charge in [0.05, 0.1) is 0 Å². The molecule has 2 aromatic heterocycles. The molecule has 1 aliphatic rings. The van der Waals surface area contributed by atoms with Crippen molar-refractivity contribution in [2.24, 2.45) is 5.92 Å². The Kier molecular flexibility index (Phi) is 3.55. The average molecular weight is 280 g/mol. The first kappa shape index (κ1) is 12.7. The van der Waals surface area contributed by atoms with Gasteiger partial charge in [0.25, 0.3) is 0 Å². The van der Waals surface area contributed by atoms with E-state index >= 15 is 0 Å². The zero-order valence-electron chi connectivity index (χ0n) is 11.0. The first-order valence-corrected chi connectivity index (χ1v) is 7.22. The maximum atomic E-state index is 6.22. The molecule has 0 saturated heterocycles. The van der Waals surface area contributed by atoms with Crippen LogP contribution in [-0.2, 0) is 0 Å². The summed E-state index contributed by atoms with van der Waals surface area (Å²) in [5, 5.41) is 12.0. The Morgan fingerprint density at radius 3 is 3.16 bits per heavy atom. The van der Waals surface area contributed by atoms with E-state index in [1.807, 2.05) is 17.5 Å². The second kappa shape index (κ2) is 5.33. The minimum Gasteiger partial charge on any atom is -0.367 e. The number of rotatable bonds is 3. The molecule has 0 aromatic carbocycles. The Labute approximate surface area is 117 Å². The minimum absolute atomic E-state index is 0.333. The van der Waals surface area contributed by atoms with Crippen LogP contribution in [0.4, 0.5) is 5.82 Å². The first-order chi connectivity index (χ1) is 9.24. The van der Waals surface area contributed by atoms with Crippen LogP contribution in [0.3, 0.4) is 0 Å². The lowest BCUT2D eigenvalue weighted by atomic mass is 9.89. The van der Waals surface area contributed by atoms with Crippen molar-refractivity contribution in [2.45, 2.75) is 38.0 Å². The quantitative estimate of drug-likeness (QED) is 0.878. The minimum atomic E-state index is 0.333. The first-order valence-electron chi connectivity index (χ1n) is 6.78. The highest BCUT2D eigenvalue weighted by atomic mass is 35.5. The molecular formula is C13H18ClN5. The molecule has 0 aliphatic heterocycles. The number of aromatic nitrogens is 4. The summed E-state index contributed by atoms with van der Waals surface area (Å²) >= 11 is 6.22. The summed E-state index contributed by atoms with van der Waals surface area (Å²) in [7, 11) is 0. The Morgan fingerprint density at radius 1 is 1.42 bits per heavy atom. The maximum Gasteiger partial charge on any atom is 0.203 e. The Balaban J connectivity index is 1.71. The summed E-state index contributed by atoms with van der Waals surface area (Å²) in [5.74, 6) is 2.31. The fourth-order valence-electron chi connectivity index (χ4n) is 2.72. The maximum absolute atomic E-state index is 6.22. The largest absolute Gasteiger partial charge is 0.367 e. The third-order valence-corrected chi connectivity index (χ3v) is 4.17. The van der Waals surface area contributed by atoms with Crippen molar-refractivity contribution in [3.8, 4) is 0 Å². The van der Waals surface area contributed by atoms with E-state index in [1.165, 1.54) is 12.8 Å². The molecule has 5 nitrogen and oxygen atoms in total. The van der Waals surface area contributed by atoms with Crippen molar-refractivity contribution in [3.63, 3.8) is 0 Å². The summed E-state index contributed by atoms with van der Waals surface area (Å²) in [6.07, 6.45) is 8.36. The highest BCUT2D eigenvalue weighted by molar-refractivity contribution is 6.20. The van der Waals surface area contributed by atoms with E-state index < -0.39 is 0 Å². The molecular weight excluding hydrogens is 262 g/mol. The molecule has 2 aromatic rings. The van der Waals surface area contributed by atoms with Crippen LogP contribution in [-0.4, -0.2) is 31.5 Å². The molecule has 0 bridgehead atoms. The van der Waals surface area contributed by atoms with Crippen LogP contribution in [0.1, 0.15) is 31.5 Å². The van der Waals surface area contributed by atoms with Gasteiger partial charge in [-0.25, -0.2) is 4.98 Å². The number of hydrogen-bond acceptors (Lipinski definition) is 4. The number of nitrogens with one attached hydrogen (secondary N) is 1. The molecule has 19 heavy (non-hydrogen) atoms. The van der Waals surface area contributed by atoms with Gasteiger partial charge in [-0.15, -0.1) is 21.8 Å². The van der Waals surface area contributed by atoms with Gasteiger partial charge in [0.15, 0.2) is 5.82 Å². The smallest absolute Gasteiger partial charge is 0.203 e. The lowest BCUT2D eigenvalue weighted by molar-refractivity contribution is 0.378. The molecule has 1 fully saturated rings. The predicted molar refractivity (Wildman–Crippen MR) is 75.6 cm³/mol. The zero-order chi connectivity index (χ0) is 13.2. The van der Waals surface area contributed by atoms with E-state index in [1.54, 1.807) is 6.20 Å². The molecule has 1 N–H and O–H groups in total. The summed E-state index contributed by atoms with van der Waals surface area (Å²) in [6.45, 7) is 2.84. The topological polar surface area (TPSA) is 55.1 Å². The summed E-state index contributed by atoms with van der Waals surface area (Å²) in [6, 6.07) is 0. The molecule has 0 spiro atoms. The van der Waals surface area contributed by atoms with E-state index in [4.69, 9.17) is 11.6 Å². The lowest BCUT2D eigenvalue weighted by Crippen LogP contribution is -2.23. The van der Waals surface area contributed by atoms with Crippen LogP contribution in [0.2, 0.25) is 0 Å². The normalized spacial score (nSPS) is 23.7. The molecule has 102 valence electrons. The van der Waals surface area contributed by atoms with Gasteiger partial charge in [-0.2, -0.15) is 0 Å². The third-order valence-electron chi connectivity index (χ3n) is 3.77. The van der Waals surface area contributed by atoms with Crippen LogP contribution in [0.5, 0.6) is 0 Å². The van der Waals surface area contributed by atoms with Gasteiger partial charge in [-0.3, -0.25) is 4.40 Å². The van der Waals surface area contributed by atoms with Crippen molar-refractivity contribution in [2.75, 3.05) is 11.9 Å². The molecule has 2 unspecified atom stereocenters. The van der Waals surface area contributed by atoms with Crippen LogP contribution >= 0.6 is 11.6 Å². The van der Waals surface area contributed by atoms with Crippen molar-refractivity contribution >= 4 is 23.1 Å². The SMILES string of the molecule is Cc1nnc2c(NCC3CCCC(Cl)C3)nccn12. The van der Waals surface area contributed by atoms with E-state index in [0.717, 1.165) is 36.7 Å². The van der Waals surface area contributed by atoms with Crippen molar-refractivity contribution in [1.29, 1.82) is 0 Å². The van der Waals surface area contributed by atoms with Gasteiger partial charge in [0, 0.05) is 24.3 Å².